The van der Waals surface area contributed by atoms with Gasteiger partial charge in [0.1, 0.15) is 11.6 Å². The highest BCUT2D eigenvalue weighted by molar-refractivity contribution is 5.74. The smallest absolute Gasteiger partial charge is 0.123 e. The number of rotatable bonds is 3. The molecule has 4 heteroatoms. The third-order valence-corrected chi connectivity index (χ3v) is 4.62. The fraction of sp³-hybridized carbons (Fsp3) is 0.316. The van der Waals surface area contributed by atoms with E-state index in [-0.39, 0.29) is 5.82 Å². The summed E-state index contributed by atoms with van der Waals surface area (Å²) < 4.78 is 13.0. The second-order valence-corrected chi connectivity index (χ2v) is 6.34. The van der Waals surface area contributed by atoms with Gasteiger partial charge in [0.2, 0.25) is 0 Å². The molecule has 1 saturated heterocycles. The molecular formula is C19H20FN3. The van der Waals surface area contributed by atoms with E-state index < -0.39 is 0 Å². The van der Waals surface area contributed by atoms with E-state index in [9.17, 15) is 4.39 Å². The van der Waals surface area contributed by atoms with E-state index in [1.807, 2.05) is 24.3 Å². The van der Waals surface area contributed by atoms with Gasteiger partial charge in [0, 0.05) is 19.0 Å². The number of hydrogen-bond donors (Lipinski definition) is 1. The molecule has 1 aromatic heterocycles. The van der Waals surface area contributed by atoms with Crippen LogP contribution in [0.15, 0.2) is 48.5 Å². The summed E-state index contributed by atoms with van der Waals surface area (Å²) in [4.78, 5) is 10.7. The third-order valence-electron chi connectivity index (χ3n) is 4.62. The molecule has 1 N–H and O–H groups in total. The summed E-state index contributed by atoms with van der Waals surface area (Å²) in [5, 5.41) is 0. The van der Waals surface area contributed by atoms with Crippen LogP contribution in [0.25, 0.3) is 11.0 Å². The van der Waals surface area contributed by atoms with E-state index in [0.29, 0.717) is 5.92 Å². The molecule has 1 fully saturated rings. The standard InChI is InChI=1S/C19H20FN3/c20-16-9-7-14(8-10-16)12-23-11-3-4-15(13-23)19-21-17-5-1-2-6-18(17)22-19/h1-2,5-10,15H,3-4,11-13H2,(H,21,22). The van der Waals surface area contributed by atoms with Gasteiger partial charge in [-0.2, -0.15) is 0 Å². The average Bonchev–Trinajstić information content (AvgIpc) is 3.01. The maximum absolute atomic E-state index is 13.0. The minimum Gasteiger partial charge on any atom is -0.342 e. The Morgan fingerprint density at radius 2 is 1.96 bits per heavy atom. The van der Waals surface area contributed by atoms with Crippen molar-refractivity contribution in [2.24, 2.45) is 0 Å². The molecule has 1 atom stereocenters. The van der Waals surface area contributed by atoms with Crippen molar-refractivity contribution < 1.29 is 4.39 Å². The molecule has 1 aliphatic rings. The lowest BCUT2D eigenvalue weighted by atomic mass is 9.97. The van der Waals surface area contributed by atoms with Gasteiger partial charge in [-0.1, -0.05) is 24.3 Å². The number of H-pyrrole nitrogens is 1. The Labute approximate surface area is 135 Å². The predicted octanol–water partition coefficient (Wildman–Crippen LogP) is 4.08. The van der Waals surface area contributed by atoms with Crippen LogP contribution in [-0.2, 0) is 6.54 Å². The van der Waals surface area contributed by atoms with Crippen molar-refractivity contribution in [3.05, 3.63) is 65.7 Å². The highest BCUT2D eigenvalue weighted by Crippen LogP contribution is 2.27. The maximum atomic E-state index is 13.0. The fourth-order valence-electron chi connectivity index (χ4n) is 3.44. The highest BCUT2D eigenvalue weighted by Gasteiger charge is 2.23. The lowest BCUT2D eigenvalue weighted by Crippen LogP contribution is -2.34. The van der Waals surface area contributed by atoms with Crippen molar-refractivity contribution >= 4 is 11.0 Å². The van der Waals surface area contributed by atoms with Gasteiger partial charge >= 0.3 is 0 Å². The first-order valence-corrected chi connectivity index (χ1v) is 8.19. The number of piperidine rings is 1. The lowest BCUT2D eigenvalue weighted by molar-refractivity contribution is 0.197. The molecule has 1 unspecified atom stereocenters. The summed E-state index contributed by atoms with van der Waals surface area (Å²) in [5.74, 6) is 1.36. The zero-order valence-corrected chi connectivity index (χ0v) is 13.0. The number of fused-ring (bicyclic) bond motifs is 1. The largest absolute Gasteiger partial charge is 0.342 e. The van der Waals surface area contributed by atoms with Crippen LogP contribution in [0, 0.1) is 5.82 Å². The van der Waals surface area contributed by atoms with Crippen molar-refractivity contribution in [1.82, 2.24) is 14.9 Å². The molecular weight excluding hydrogens is 289 g/mol. The summed E-state index contributed by atoms with van der Waals surface area (Å²) in [6.07, 6.45) is 2.34. The average molecular weight is 309 g/mol. The van der Waals surface area contributed by atoms with E-state index in [2.05, 4.69) is 22.0 Å². The number of aromatic nitrogens is 2. The van der Waals surface area contributed by atoms with Gasteiger partial charge in [0.15, 0.2) is 0 Å². The number of imidazole rings is 1. The molecule has 0 saturated carbocycles. The zero-order valence-electron chi connectivity index (χ0n) is 13.0. The monoisotopic (exact) mass is 309 g/mol. The van der Waals surface area contributed by atoms with Gasteiger partial charge < -0.3 is 4.98 Å². The van der Waals surface area contributed by atoms with Gasteiger partial charge in [-0.05, 0) is 49.2 Å². The van der Waals surface area contributed by atoms with Gasteiger partial charge in [0.25, 0.3) is 0 Å². The van der Waals surface area contributed by atoms with Crippen LogP contribution in [0.5, 0.6) is 0 Å². The first-order chi connectivity index (χ1) is 11.3. The fourth-order valence-corrected chi connectivity index (χ4v) is 3.44. The molecule has 3 nitrogen and oxygen atoms in total. The van der Waals surface area contributed by atoms with E-state index in [1.54, 1.807) is 0 Å². The number of aromatic amines is 1. The number of benzene rings is 2. The minimum absolute atomic E-state index is 0.174. The van der Waals surface area contributed by atoms with Gasteiger partial charge in [-0.15, -0.1) is 0 Å². The molecule has 0 spiro atoms. The summed E-state index contributed by atoms with van der Waals surface area (Å²) in [7, 11) is 0. The van der Waals surface area contributed by atoms with Gasteiger partial charge in [-0.25, -0.2) is 9.37 Å². The summed E-state index contributed by atoms with van der Waals surface area (Å²) in [5.41, 5.74) is 3.31. The Morgan fingerprint density at radius 1 is 1.13 bits per heavy atom. The molecule has 23 heavy (non-hydrogen) atoms. The Balaban J connectivity index is 1.49. The number of hydrogen-bond acceptors (Lipinski definition) is 2. The van der Waals surface area contributed by atoms with Crippen molar-refractivity contribution in [2.45, 2.75) is 25.3 Å². The molecule has 4 rings (SSSR count). The number of para-hydroxylation sites is 2. The number of nitrogens with zero attached hydrogens (tertiary/aromatic N) is 2. The first kappa shape index (κ1) is 14.4. The minimum atomic E-state index is -0.174. The number of nitrogens with one attached hydrogen (secondary N) is 1. The van der Waals surface area contributed by atoms with Gasteiger partial charge in [-0.3, -0.25) is 4.90 Å². The quantitative estimate of drug-likeness (QED) is 0.790. The summed E-state index contributed by atoms with van der Waals surface area (Å²) in [6, 6.07) is 15.0. The first-order valence-electron chi connectivity index (χ1n) is 8.19. The molecule has 0 radical (unpaired) electrons. The van der Waals surface area contributed by atoms with Crippen molar-refractivity contribution in [1.29, 1.82) is 0 Å². The van der Waals surface area contributed by atoms with Crippen LogP contribution < -0.4 is 0 Å². The maximum Gasteiger partial charge on any atom is 0.123 e. The zero-order chi connectivity index (χ0) is 15.6. The topological polar surface area (TPSA) is 31.9 Å². The van der Waals surface area contributed by atoms with Crippen LogP contribution in [0.1, 0.15) is 30.1 Å². The third kappa shape index (κ3) is 3.13. The molecule has 118 valence electrons. The van der Waals surface area contributed by atoms with Crippen LogP contribution in [0.3, 0.4) is 0 Å². The highest BCUT2D eigenvalue weighted by atomic mass is 19.1. The predicted molar refractivity (Wildman–Crippen MR) is 89.7 cm³/mol. The second kappa shape index (κ2) is 6.13. The van der Waals surface area contributed by atoms with Crippen molar-refractivity contribution in [3.63, 3.8) is 0 Å². The lowest BCUT2D eigenvalue weighted by Gasteiger charge is -2.31. The second-order valence-electron chi connectivity index (χ2n) is 6.34. The Morgan fingerprint density at radius 3 is 2.78 bits per heavy atom. The summed E-state index contributed by atoms with van der Waals surface area (Å²) in [6.45, 7) is 2.96. The van der Waals surface area contributed by atoms with E-state index in [0.717, 1.165) is 42.1 Å². The normalized spacial score (nSPS) is 19.3. The van der Waals surface area contributed by atoms with Gasteiger partial charge in [0.05, 0.1) is 11.0 Å². The van der Waals surface area contributed by atoms with E-state index >= 15 is 0 Å². The Hall–Kier alpha value is -2.20. The van der Waals surface area contributed by atoms with E-state index in [4.69, 9.17) is 4.98 Å². The molecule has 2 aromatic carbocycles. The van der Waals surface area contributed by atoms with Crippen molar-refractivity contribution in [2.75, 3.05) is 13.1 Å². The molecule has 0 amide bonds. The number of likely N-dealkylation sites (tertiary alicyclic amines) is 1. The SMILES string of the molecule is Fc1ccc(CN2CCCC(c3nc4ccccc4[nH]3)C2)cc1. The molecule has 0 aliphatic carbocycles. The van der Waals surface area contributed by atoms with Crippen LogP contribution >= 0.6 is 0 Å². The molecule has 0 bridgehead atoms. The Bertz CT molecular complexity index is 761. The van der Waals surface area contributed by atoms with Crippen LogP contribution in [0.4, 0.5) is 4.39 Å². The van der Waals surface area contributed by atoms with Crippen LogP contribution in [0.2, 0.25) is 0 Å². The molecule has 3 aromatic rings. The molecule has 2 heterocycles. The van der Waals surface area contributed by atoms with Crippen LogP contribution in [-0.4, -0.2) is 28.0 Å². The number of halogens is 1. The molecule has 1 aliphatic heterocycles. The Kier molecular flexibility index (Phi) is 3.83. The van der Waals surface area contributed by atoms with E-state index in [1.165, 1.54) is 25.0 Å². The van der Waals surface area contributed by atoms with Crippen molar-refractivity contribution in [3.8, 4) is 0 Å². The summed E-state index contributed by atoms with van der Waals surface area (Å²) >= 11 is 0.